The van der Waals surface area contributed by atoms with E-state index in [-0.39, 0.29) is 25.0 Å². The first-order valence-electron chi connectivity index (χ1n) is 11.2. The number of aliphatic hydroxyl groups is 1. The maximum atomic E-state index is 13.6. The van der Waals surface area contributed by atoms with Gasteiger partial charge in [0.2, 0.25) is 11.8 Å². The molecule has 3 rings (SSSR count). The minimum atomic E-state index is -0.873. The van der Waals surface area contributed by atoms with E-state index >= 15 is 0 Å². The van der Waals surface area contributed by atoms with Crippen LogP contribution in [0.25, 0.3) is 0 Å². The number of aliphatic hydroxyl groups excluding tert-OH is 1. The zero-order valence-electron chi connectivity index (χ0n) is 18.7. The zero-order valence-corrected chi connectivity index (χ0v) is 19.4. The van der Waals surface area contributed by atoms with Gasteiger partial charge in [-0.15, -0.1) is 0 Å². The largest absolute Gasteiger partial charge is 0.466 e. The fourth-order valence-electron chi connectivity index (χ4n) is 4.95. The van der Waals surface area contributed by atoms with Gasteiger partial charge in [-0.2, -0.15) is 0 Å². The van der Waals surface area contributed by atoms with E-state index in [1.165, 1.54) is 4.90 Å². The lowest BCUT2D eigenvalue weighted by atomic mass is 9.69. The van der Waals surface area contributed by atoms with Crippen LogP contribution in [0.5, 0.6) is 0 Å². The fourth-order valence-corrected chi connectivity index (χ4v) is 5.13. The number of likely N-dealkylation sites (tertiary alicyclic amines) is 1. The number of carbonyl (C=O) groups is 3. The molecule has 0 unspecified atom stereocenters. The number of esters is 1. The maximum absolute atomic E-state index is 13.6. The number of halogens is 1. The molecule has 6 atom stereocenters. The second kappa shape index (κ2) is 10.5. The molecule has 0 spiro atoms. The smallest absolute Gasteiger partial charge is 0.310 e. The molecular formula is C24H31ClN2O5. The van der Waals surface area contributed by atoms with Crippen molar-refractivity contribution >= 4 is 35.1 Å². The Morgan fingerprint density at radius 2 is 1.97 bits per heavy atom. The quantitative estimate of drug-likeness (QED) is 0.456. The normalized spacial score (nSPS) is 27.7. The molecule has 1 aromatic carbocycles. The summed E-state index contributed by atoms with van der Waals surface area (Å²) in [5, 5.41) is 13.0. The van der Waals surface area contributed by atoms with Crippen molar-refractivity contribution in [1.82, 2.24) is 4.90 Å². The van der Waals surface area contributed by atoms with E-state index in [0.717, 1.165) is 12.8 Å². The van der Waals surface area contributed by atoms with E-state index in [4.69, 9.17) is 16.3 Å². The predicted octanol–water partition coefficient (Wildman–Crippen LogP) is 3.27. The minimum Gasteiger partial charge on any atom is -0.466 e. The molecule has 7 nitrogen and oxygen atoms in total. The van der Waals surface area contributed by atoms with E-state index in [1.54, 1.807) is 38.1 Å². The third-order valence-electron chi connectivity index (χ3n) is 6.37. The summed E-state index contributed by atoms with van der Waals surface area (Å²) >= 11 is 6.21. The molecule has 1 aliphatic heterocycles. The number of nitrogens with one attached hydrogen (secondary N) is 1. The van der Waals surface area contributed by atoms with Crippen molar-refractivity contribution in [3.8, 4) is 0 Å². The highest BCUT2D eigenvalue weighted by Crippen LogP contribution is 2.46. The molecule has 2 aliphatic rings. The molecule has 8 heteroatoms. The van der Waals surface area contributed by atoms with Crippen LogP contribution in [0, 0.1) is 23.7 Å². The second-order valence-corrected chi connectivity index (χ2v) is 8.82. The fraction of sp³-hybridized carbons (Fsp3) is 0.542. The number of ether oxygens (including phenoxy) is 1. The predicted molar refractivity (Wildman–Crippen MR) is 122 cm³/mol. The van der Waals surface area contributed by atoms with Gasteiger partial charge < -0.3 is 20.1 Å². The molecule has 0 saturated carbocycles. The lowest BCUT2D eigenvalue weighted by Gasteiger charge is -2.34. The Labute approximate surface area is 193 Å². The Morgan fingerprint density at radius 3 is 2.59 bits per heavy atom. The number of fused-ring (bicyclic) bond motifs is 1. The van der Waals surface area contributed by atoms with Crippen LogP contribution >= 0.6 is 11.6 Å². The summed E-state index contributed by atoms with van der Waals surface area (Å²) < 4.78 is 5.33. The highest BCUT2D eigenvalue weighted by atomic mass is 35.5. The number of hydrogen-bond donors (Lipinski definition) is 2. The first-order valence-corrected chi connectivity index (χ1v) is 11.6. The van der Waals surface area contributed by atoms with E-state index in [1.807, 2.05) is 19.1 Å². The van der Waals surface area contributed by atoms with Crippen LogP contribution in [0.4, 0.5) is 5.69 Å². The van der Waals surface area contributed by atoms with Gasteiger partial charge >= 0.3 is 5.97 Å². The Bertz CT molecular complexity index is 889. The Morgan fingerprint density at radius 1 is 1.25 bits per heavy atom. The number of nitrogens with zero attached hydrogens (tertiary/aromatic N) is 1. The Hall–Kier alpha value is -2.38. The zero-order chi connectivity index (χ0) is 23.4. The number of hydrogen-bond acceptors (Lipinski definition) is 5. The van der Waals surface area contributed by atoms with Gasteiger partial charge in [0, 0.05) is 5.92 Å². The summed E-state index contributed by atoms with van der Waals surface area (Å²) in [4.78, 5) is 41.4. The van der Waals surface area contributed by atoms with Crippen molar-refractivity contribution in [3.63, 3.8) is 0 Å². The summed E-state index contributed by atoms with van der Waals surface area (Å²) in [6.07, 6.45) is 5.42. The molecule has 0 bridgehead atoms. The molecule has 174 valence electrons. The molecule has 1 heterocycles. The molecule has 0 aromatic heterocycles. The summed E-state index contributed by atoms with van der Waals surface area (Å²) in [6, 6.07) is 5.40. The number of rotatable bonds is 8. The van der Waals surface area contributed by atoms with Gasteiger partial charge in [-0.3, -0.25) is 14.4 Å². The lowest BCUT2D eigenvalue weighted by molar-refractivity contribution is -0.156. The number of amides is 2. The molecule has 1 aromatic rings. The van der Waals surface area contributed by atoms with Crippen molar-refractivity contribution in [2.24, 2.45) is 23.7 Å². The average Bonchev–Trinajstić information content (AvgIpc) is 3.07. The number of anilines is 1. The van der Waals surface area contributed by atoms with Gasteiger partial charge in [0.25, 0.3) is 0 Å². The van der Waals surface area contributed by atoms with Crippen LogP contribution in [0.3, 0.4) is 0 Å². The van der Waals surface area contributed by atoms with Crippen LogP contribution in [-0.2, 0) is 19.1 Å². The summed E-state index contributed by atoms with van der Waals surface area (Å²) in [5.74, 6) is -3.15. The lowest BCUT2D eigenvalue weighted by Crippen LogP contribution is -2.49. The molecule has 2 amide bonds. The van der Waals surface area contributed by atoms with E-state index in [9.17, 15) is 19.5 Å². The number of allylic oxidation sites excluding steroid dienone is 1. The molecule has 1 aliphatic carbocycles. The topological polar surface area (TPSA) is 95.9 Å². The van der Waals surface area contributed by atoms with Crippen LogP contribution in [0.2, 0.25) is 5.02 Å². The van der Waals surface area contributed by atoms with Crippen molar-refractivity contribution in [1.29, 1.82) is 0 Å². The van der Waals surface area contributed by atoms with Gasteiger partial charge in [0.05, 0.1) is 41.8 Å². The van der Waals surface area contributed by atoms with Crippen molar-refractivity contribution in [2.45, 2.75) is 45.7 Å². The minimum absolute atomic E-state index is 0.138. The van der Waals surface area contributed by atoms with Gasteiger partial charge in [0.1, 0.15) is 6.04 Å². The SMILES string of the molecule is CCC[C@@H]1C=C[C@H]2[C@H](C(=O)N([C@H](C)CO)[C@@H]2C(=O)Nc2ccccc2Cl)[C@@H]1C(=O)OCC. The first kappa shape index (κ1) is 24.3. The maximum Gasteiger partial charge on any atom is 0.310 e. The van der Waals surface area contributed by atoms with Crippen molar-refractivity contribution in [3.05, 3.63) is 41.4 Å². The number of benzene rings is 1. The van der Waals surface area contributed by atoms with Gasteiger partial charge in [0.15, 0.2) is 0 Å². The summed E-state index contributed by atoms with van der Waals surface area (Å²) in [5.41, 5.74) is 0.442. The van der Waals surface area contributed by atoms with Crippen molar-refractivity contribution < 1.29 is 24.2 Å². The molecule has 1 saturated heterocycles. The van der Waals surface area contributed by atoms with Gasteiger partial charge in [-0.1, -0.05) is 49.2 Å². The average molecular weight is 463 g/mol. The summed E-state index contributed by atoms with van der Waals surface area (Å²) in [6.45, 7) is 5.37. The van der Waals surface area contributed by atoms with Crippen molar-refractivity contribution in [2.75, 3.05) is 18.5 Å². The highest BCUT2D eigenvalue weighted by Gasteiger charge is 2.58. The Kier molecular flexibility index (Phi) is 7.96. The highest BCUT2D eigenvalue weighted by molar-refractivity contribution is 6.33. The standard InChI is InChI=1S/C24H31ClN2O5/c1-4-8-15-11-12-16-20(19(15)24(31)32-5-2)23(30)27(14(3)13-28)21(16)22(29)26-18-10-7-6-9-17(18)25/h6-7,9-12,14-16,19-21,28H,4-5,8,13H2,1-3H3,(H,26,29)/t14-,15-,16+,19-,20+,21+/m1/s1. The molecule has 32 heavy (non-hydrogen) atoms. The van der Waals surface area contributed by atoms with Gasteiger partial charge in [-0.05, 0) is 38.3 Å². The third-order valence-corrected chi connectivity index (χ3v) is 6.70. The van der Waals surface area contributed by atoms with Crippen LogP contribution in [0.1, 0.15) is 33.6 Å². The molecule has 2 N–H and O–H groups in total. The van der Waals surface area contributed by atoms with E-state index in [0.29, 0.717) is 10.7 Å². The van der Waals surface area contributed by atoms with Crippen LogP contribution in [-0.4, -0.2) is 53.1 Å². The second-order valence-electron chi connectivity index (χ2n) is 8.41. The number of para-hydroxylation sites is 1. The van der Waals surface area contributed by atoms with Gasteiger partial charge in [-0.25, -0.2) is 0 Å². The van der Waals surface area contributed by atoms with Crippen LogP contribution in [0.15, 0.2) is 36.4 Å². The molecule has 1 fully saturated rings. The van der Waals surface area contributed by atoms with E-state index in [2.05, 4.69) is 5.32 Å². The first-order chi connectivity index (χ1) is 15.3. The number of carbonyl (C=O) groups excluding carboxylic acids is 3. The monoisotopic (exact) mass is 462 g/mol. The summed E-state index contributed by atoms with van der Waals surface area (Å²) in [7, 11) is 0. The molecule has 0 radical (unpaired) electrons. The molecular weight excluding hydrogens is 432 g/mol. The van der Waals surface area contributed by atoms with E-state index < -0.39 is 41.7 Å². The Balaban J connectivity index is 2.01. The van der Waals surface area contributed by atoms with Crippen LogP contribution < -0.4 is 5.32 Å². The third kappa shape index (κ3) is 4.55.